The summed E-state index contributed by atoms with van der Waals surface area (Å²) in [4.78, 5) is 18.7. The Morgan fingerprint density at radius 3 is 2.62 bits per heavy atom. The monoisotopic (exact) mass is 293 g/mol. The molecule has 1 aromatic carbocycles. The van der Waals surface area contributed by atoms with Crippen LogP contribution in [0.3, 0.4) is 0 Å². The van der Waals surface area contributed by atoms with Gasteiger partial charge in [-0.15, -0.1) is 0 Å². The molecule has 1 fully saturated rings. The molecule has 0 atom stereocenters. The van der Waals surface area contributed by atoms with E-state index in [4.69, 9.17) is 10.6 Å². The number of nitrogens with zero attached hydrogens (tertiary/aromatic N) is 2. The van der Waals surface area contributed by atoms with Crippen LogP contribution in [0.4, 0.5) is 4.39 Å². The van der Waals surface area contributed by atoms with Gasteiger partial charge in [-0.25, -0.2) is 4.39 Å². The fourth-order valence-electron chi connectivity index (χ4n) is 2.18. The number of amidine groups is 1. The first kappa shape index (κ1) is 15.3. The van der Waals surface area contributed by atoms with Crippen LogP contribution in [0, 0.1) is 11.7 Å². The molecule has 0 saturated carbocycles. The average Bonchev–Trinajstić information content (AvgIpc) is 2.48. The Balaban J connectivity index is 1.81. The molecular weight excluding hydrogens is 273 g/mol. The summed E-state index contributed by atoms with van der Waals surface area (Å²) in [7, 11) is 0. The number of oxime groups is 1. The third-order valence-corrected chi connectivity index (χ3v) is 3.63. The Bertz CT molecular complexity index is 508. The molecule has 1 aromatic rings. The van der Waals surface area contributed by atoms with Gasteiger partial charge >= 0.3 is 0 Å². The zero-order chi connectivity index (χ0) is 15.2. The van der Waals surface area contributed by atoms with Crippen LogP contribution in [0.2, 0.25) is 0 Å². The lowest BCUT2D eigenvalue weighted by atomic mass is 9.99. The molecule has 0 aliphatic carbocycles. The highest BCUT2D eigenvalue weighted by Crippen LogP contribution is 2.15. The van der Waals surface area contributed by atoms with Crippen LogP contribution in [0.15, 0.2) is 29.4 Å². The summed E-state index contributed by atoms with van der Waals surface area (Å²) in [5.41, 5.74) is 6.26. The predicted molar refractivity (Wildman–Crippen MR) is 78.1 cm³/mol. The van der Waals surface area contributed by atoms with Crippen molar-refractivity contribution in [3.05, 3.63) is 35.6 Å². The highest BCUT2D eigenvalue weighted by Gasteiger charge is 2.20. The number of hydrogen-bond donors (Lipinski definition) is 1. The van der Waals surface area contributed by atoms with Crippen molar-refractivity contribution >= 4 is 11.7 Å². The van der Waals surface area contributed by atoms with E-state index in [0.29, 0.717) is 11.5 Å². The first-order valence-electron chi connectivity index (χ1n) is 7.05. The predicted octanol–water partition coefficient (Wildman–Crippen LogP) is 1.72. The molecule has 0 aromatic heterocycles. The Morgan fingerprint density at radius 2 is 2.00 bits per heavy atom. The fourth-order valence-corrected chi connectivity index (χ4v) is 2.18. The second-order valence-corrected chi connectivity index (χ2v) is 5.32. The molecular formula is C15H20FN3O2. The summed E-state index contributed by atoms with van der Waals surface area (Å²) in [6, 6.07) is 5.59. The molecule has 1 heterocycles. The summed E-state index contributed by atoms with van der Waals surface area (Å²) in [5.74, 6) is 0.358. The minimum absolute atomic E-state index is 0.0856. The zero-order valence-corrected chi connectivity index (χ0v) is 12.1. The van der Waals surface area contributed by atoms with Crippen molar-refractivity contribution in [3.8, 4) is 0 Å². The van der Waals surface area contributed by atoms with E-state index in [-0.39, 0.29) is 24.2 Å². The summed E-state index contributed by atoms with van der Waals surface area (Å²) >= 11 is 0. The Hall–Kier alpha value is -2.11. The van der Waals surface area contributed by atoms with Gasteiger partial charge in [-0.1, -0.05) is 12.1 Å². The minimum Gasteiger partial charge on any atom is -0.384 e. The van der Waals surface area contributed by atoms with Gasteiger partial charge < -0.3 is 15.5 Å². The number of amides is 1. The standard InChI is InChI=1S/C15H20FN3O2/c1-11-6-8-19(9-7-11)14(20)10-21-18-15(17)12-2-4-13(16)5-3-12/h2-5,11H,6-10H2,1H3,(H2,17,18). The van der Waals surface area contributed by atoms with E-state index in [2.05, 4.69) is 12.1 Å². The summed E-state index contributed by atoms with van der Waals surface area (Å²) in [6.07, 6.45) is 2.04. The van der Waals surface area contributed by atoms with Gasteiger partial charge in [-0.2, -0.15) is 0 Å². The van der Waals surface area contributed by atoms with E-state index in [1.54, 1.807) is 4.90 Å². The van der Waals surface area contributed by atoms with Gasteiger partial charge in [-0.3, -0.25) is 4.79 Å². The van der Waals surface area contributed by atoms with Crippen LogP contribution in [0.1, 0.15) is 25.3 Å². The first-order chi connectivity index (χ1) is 10.1. The van der Waals surface area contributed by atoms with Gasteiger partial charge in [0.2, 0.25) is 0 Å². The molecule has 0 bridgehead atoms. The maximum Gasteiger partial charge on any atom is 0.263 e. The number of hydrogen-bond acceptors (Lipinski definition) is 3. The SMILES string of the molecule is CC1CCN(C(=O)CO/N=C(\N)c2ccc(F)cc2)CC1. The quantitative estimate of drug-likeness (QED) is 0.522. The third-order valence-electron chi connectivity index (χ3n) is 3.63. The van der Waals surface area contributed by atoms with Crippen LogP contribution in [-0.2, 0) is 9.63 Å². The number of piperidine rings is 1. The van der Waals surface area contributed by atoms with E-state index in [1.165, 1.54) is 24.3 Å². The zero-order valence-electron chi connectivity index (χ0n) is 12.1. The molecule has 1 saturated heterocycles. The van der Waals surface area contributed by atoms with Crippen molar-refractivity contribution in [1.82, 2.24) is 4.90 Å². The van der Waals surface area contributed by atoms with Crippen molar-refractivity contribution < 1.29 is 14.0 Å². The number of benzene rings is 1. The molecule has 2 N–H and O–H groups in total. The van der Waals surface area contributed by atoms with Gasteiger partial charge in [0.05, 0.1) is 0 Å². The molecule has 0 radical (unpaired) electrons. The van der Waals surface area contributed by atoms with Crippen LogP contribution >= 0.6 is 0 Å². The second-order valence-electron chi connectivity index (χ2n) is 5.32. The van der Waals surface area contributed by atoms with Crippen molar-refractivity contribution in [2.75, 3.05) is 19.7 Å². The van der Waals surface area contributed by atoms with Crippen LogP contribution < -0.4 is 5.73 Å². The number of carbonyl (C=O) groups excluding carboxylic acids is 1. The van der Waals surface area contributed by atoms with Gasteiger partial charge in [0.15, 0.2) is 12.4 Å². The molecule has 1 amide bonds. The lowest BCUT2D eigenvalue weighted by Gasteiger charge is -2.29. The molecule has 21 heavy (non-hydrogen) atoms. The average molecular weight is 293 g/mol. The van der Waals surface area contributed by atoms with E-state index < -0.39 is 0 Å². The smallest absolute Gasteiger partial charge is 0.263 e. The first-order valence-corrected chi connectivity index (χ1v) is 7.05. The number of rotatable bonds is 4. The molecule has 114 valence electrons. The number of likely N-dealkylation sites (tertiary alicyclic amines) is 1. The Kier molecular flexibility index (Phi) is 5.14. The molecule has 0 spiro atoms. The molecule has 0 unspecified atom stereocenters. The number of carbonyl (C=O) groups is 1. The largest absolute Gasteiger partial charge is 0.384 e. The van der Waals surface area contributed by atoms with Crippen molar-refractivity contribution in [3.63, 3.8) is 0 Å². The summed E-state index contributed by atoms with van der Waals surface area (Å²) < 4.78 is 12.8. The molecule has 6 heteroatoms. The van der Waals surface area contributed by atoms with Crippen LogP contribution in [0.25, 0.3) is 0 Å². The topological polar surface area (TPSA) is 67.9 Å². The fraction of sp³-hybridized carbons (Fsp3) is 0.467. The van der Waals surface area contributed by atoms with Gasteiger partial charge in [0, 0.05) is 18.7 Å². The van der Waals surface area contributed by atoms with Gasteiger partial charge in [0.25, 0.3) is 5.91 Å². The van der Waals surface area contributed by atoms with E-state index in [9.17, 15) is 9.18 Å². The highest BCUT2D eigenvalue weighted by atomic mass is 19.1. The number of nitrogens with two attached hydrogens (primary N) is 1. The molecule has 1 aliphatic heterocycles. The molecule has 2 rings (SSSR count). The second kappa shape index (κ2) is 7.06. The van der Waals surface area contributed by atoms with Crippen molar-refractivity contribution in [1.29, 1.82) is 0 Å². The van der Waals surface area contributed by atoms with Crippen LogP contribution in [-0.4, -0.2) is 36.3 Å². The van der Waals surface area contributed by atoms with Gasteiger partial charge in [0.1, 0.15) is 5.82 Å². The highest BCUT2D eigenvalue weighted by molar-refractivity contribution is 5.97. The summed E-state index contributed by atoms with van der Waals surface area (Å²) in [6.45, 7) is 3.59. The van der Waals surface area contributed by atoms with E-state index in [1.807, 2.05) is 0 Å². The normalized spacial score (nSPS) is 16.9. The lowest BCUT2D eigenvalue weighted by molar-refractivity contribution is -0.137. The van der Waals surface area contributed by atoms with Crippen molar-refractivity contribution in [2.24, 2.45) is 16.8 Å². The Labute approximate surface area is 123 Å². The maximum atomic E-state index is 12.8. The Morgan fingerprint density at radius 1 is 1.38 bits per heavy atom. The summed E-state index contributed by atoms with van der Waals surface area (Å²) in [5, 5.41) is 3.70. The molecule has 5 nitrogen and oxygen atoms in total. The van der Waals surface area contributed by atoms with E-state index in [0.717, 1.165) is 25.9 Å². The van der Waals surface area contributed by atoms with Crippen LogP contribution in [0.5, 0.6) is 0 Å². The lowest BCUT2D eigenvalue weighted by Crippen LogP contribution is -2.39. The minimum atomic E-state index is -0.345. The molecule has 1 aliphatic rings. The van der Waals surface area contributed by atoms with Crippen molar-refractivity contribution in [2.45, 2.75) is 19.8 Å². The third kappa shape index (κ3) is 4.44. The van der Waals surface area contributed by atoms with Gasteiger partial charge in [-0.05, 0) is 43.0 Å². The number of halogens is 1. The maximum absolute atomic E-state index is 12.8. The van der Waals surface area contributed by atoms with E-state index >= 15 is 0 Å².